The largest absolute Gasteiger partial charge is 0.481 e. The first-order chi connectivity index (χ1) is 22.9. The Morgan fingerprint density at radius 3 is 1.61 bits per heavy atom. The number of carbonyl (C=O) groups is 8. The summed E-state index contributed by atoms with van der Waals surface area (Å²) < 4.78 is 0. The minimum Gasteiger partial charge on any atom is -0.481 e. The number of amides is 6. The Morgan fingerprint density at radius 2 is 1.12 bits per heavy atom. The van der Waals surface area contributed by atoms with E-state index in [1.807, 2.05) is 13.8 Å². The first-order valence-corrected chi connectivity index (χ1v) is 16.1. The maximum Gasteiger partial charge on any atom is 0.326 e. The van der Waals surface area contributed by atoms with Gasteiger partial charge in [0.1, 0.15) is 30.2 Å². The first-order valence-electron chi connectivity index (χ1n) is 16.1. The third kappa shape index (κ3) is 17.1. The lowest BCUT2D eigenvalue weighted by Crippen LogP contribution is -2.59. The Balaban J connectivity index is 3.23. The van der Waals surface area contributed by atoms with Crippen LogP contribution in [0.25, 0.3) is 0 Å². The number of hydrogen-bond donors (Lipinski definition) is 8. The number of carboxylic acids is 2. The van der Waals surface area contributed by atoms with Crippen molar-refractivity contribution in [3.8, 4) is 0 Å². The Labute approximate surface area is 285 Å². The number of benzene rings is 1. The highest BCUT2D eigenvalue weighted by atomic mass is 16.4. The second kappa shape index (κ2) is 21.1. The van der Waals surface area contributed by atoms with Gasteiger partial charge >= 0.3 is 11.9 Å². The average Bonchev–Trinajstić information content (AvgIpc) is 2.99. The number of carboxylic acid groups (broad SMARTS) is 2. The number of aliphatic carboxylic acids is 2. The summed E-state index contributed by atoms with van der Waals surface area (Å²) in [5.41, 5.74) is 5.84. The molecule has 6 amide bonds. The molecule has 1 rings (SSSR count). The van der Waals surface area contributed by atoms with Gasteiger partial charge < -0.3 is 42.5 Å². The topological polar surface area (TPSA) is 263 Å². The molecule has 0 saturated heterocycles. The van der Waals surface area contributed by atoms with Crippen LogP contribution >= 0.6 is 0 Å². The van der Waals surface area contributed by atoms with E-state index in [4.69, 9.17) is 5.73 Å². The van der Waals surface area contributed by atoms with Crippen molar-refractivity contribution < 1.29 is 48.6 Å². The zero-order valence-corrected chi connectivity index (χ0v) is 28.6. The minimum absolute atomic E-state index is 0.0310. The Bertz CT molecular complexity index is 1320. The Hall–Kier alpha value is -5.02. The molecule has 16 nitrogen and oxygen atoms in total. The van der Waals surface area contributed by atoms with Crippen molar-refractivity contribution in [1.82, 2.24) is 26.6 Å². The van der Waals surface area contributed by atoms with Gasteiger partial charge in [0.25, 0.3) is 0 Å². The van der Waals surface area contributed by atoms with Gasteiger partial charge in [-0.15, -0.1) is 0 Å². The molecule has 0 aliphatic heterocycles. The van der Waals surface area contributed by atoms with Crippen molar-refractivity contribution in [2.24, 2.45) is 17.6 Å². The van der Waals surface area contributed by atoms with Crippen LogP contribution in [0.1, 0.15) is 78.7 Å². The van der Waals surface area contributed by atoms with Gasteiger partial charge in [0, 0.05) is 19.8 Å². The molecule has 0 aromatic heterocycles. The zero-order valence-electron chi connectivity index (χ0n) is 28.6. The molecule has 1 aromatic rings. The number of nitrogens with one attached hydrogen (secondary N) is 5. The van der Waals surface area contributed by atoms with Crippen LogP contribution in [0, 0.1) is 11.8 Å². The molecule has 0 spiro atoms. The maximum absolute atomic E-state index is 13.5. The van der Waals surface area contributed by atoms with E-state index < -0.39 is 84.0 Å². The molecule has 272 valence electrons. The molecular formula is C33H50N6O10. The normalized spacial score (nSPS) is 14.0. The molecule has 0 radical (unpaired) electrons. The van der Waals surface area contributed by atoms with E-state index in [0.717, 1.165) is 0 Å². The molecule has 9 N–H and O–H groups in total. The summed E-state index contributed by atoms with van der Waals surface area (Å²) in [5.74, 6) is -7.62. The van der Waals surface area contributed by atoms with Crippen LogP contribution in [0.3, 0.4) is 0 Å². The van der Waals surface area contributed by atoms with E-state index in [1.165, 1.54) is 6.92 Å². The smallest absolute Gasteiger partial charge is 0.326 e. The van der Waals surface area contributed by atoms with Gasteiger partial charge in [-0.2, -0.15) is 0 Å². The lowest BCUT2D eigenvalue weighted by Gasteiger charge is -2.27. The van der Waals surface area contributed by atoms with Crippen molar-refractivity contribution >= 4 is 47.4 Å². The van der Waals surface area contributed by atoms with Gasteiger partial charge in [-0.1, -0.05) is 58.0 Å². The standard InChI is InChI=1S/C33H50N6O10/c1-18(2)11-12-23(36-29(44)22(35-20(5)40)13-14-27(34)41)30(45)38-25(17-28(42)43)32(47)37-24(15-19(3)4)31(46)39-26(33(48)49)16-21-9-7-6-8-10-21/h6-10,18-19,22-26H,11-17H2,1-5H3,(H2,34,41)(H,35,40)(H,36,44)(H,37,47)(H,38,45)(H,39,46)(H,42,43)(H,48,49)/t22?,23-,24-,25?,26?/m0/s1. The minimum atomic E-state index is -1.69. The van der Waals surface area contributed by atoms with Gasteiger partial charge in [-0.05, 0) is 43.1 Å². The van der Waals surface area contributed by atoms with Gasteiger partial charge in [0.05, 0.1) is 6.42 Å². The summed E-state index contributed by atoms with van der Waals surface area (Å²) in [7, 11) is 0. The predicted octanol–water partition coefficient (Wildman–Crippen LogP) is -0.0199. The zero-order chi connectivity index (χ0) is 37.3. The summed E-state index contributed by atoms with van der Waals surface area (Å²) in [5, 5.41) is 31.5. The highest BCUT2D eigenvalue weighted by Crippen LogP contribution is 2.11. The number of primary amides is 1. The summed E-state index contributed by atoms with van der Waals surface area (Å²) in [6, 6.07) is 1.83. The van der Waals surface area contributed by atoms with E-state index in [1.54, 1.807) is 44.2 Å². The molecule has 0 aliphatic carbocycles. The lowest BCUT2D eigenvalue weighted by molar-refractivity contribution is -0.143. The van der Waals surface area contributed by atoms with Gasteiger partial charge in [-0.3, -0.25) is 33.6 Å². The molecule has 0 saturated carbocycles. The lowest BCUT2D eigenvalue weighted by atomic mass is 10.00. The van der Waals surface area contributed by atoms with Crippen LogP contribution in [0.2, 0.25) is 0 Å². The van der Waals surface area contributed by atoms with Gasteiger partial charge in [0.15, 0.2) is 0 Å². The monoisotopic (exact) mass is 690 g/mol. The van der Waals surface area contributed by atoms with E-state index in [2.05, 4.69) is 26.6 Å². The molecule has 0 heterocycles. The summed E-state index contributed by atoms with van der Waals surface area (Å²) in [6.07, 6.45) is -0.705. The molecule has 16 heteroatoms. The van der Waals surface area contributed by atoms with Crippen LogP contribution in [-0.2, 0) is 44.8 Å². The number of rotatable bonds is 22. The third-order valence-corrected chi connectivity index (χ3v) is 7.29. The van der Waals surface area contributed by atoms with Crippen molar-refractivity contribution in [2.45, 2.75) is 110 Å². The van der Waals surface area contributed by atoms with Gasteiger partial charge in [0.2, 0.25) is 35.4 Å². The fourth-order valence-corrected chi connectivity index (χ4v) is 4.80. The molecular weight excluding hydrogens is 640 g/mol. The highest BCUT2D eigenvalue weighted by Gasteiger charge is 2.33. The second-order valence-electron chi connectivity index (χ2n) is 12.7. The van der Waals surface area contributed by atoms with Gasteiger partial charge in [-0.25, -0.2) is 4.79 Å². The predicted molar refractivity (Wildman–Crippen MR) is 177 cm³/mol. The molecule has 5 atom stereocenters. The Morgan fingerprint density at radius 1 is 0.633 bits per heavy atom. The third-order valence-electron chi connectivity index (χ3n) is 7.29. The quantitative estimate of drug-likeness (QED) is 0.0806. The van der Waals surface area contributed by atoms with Crippen molar-refractivity contribution in [2.75, 3.05) is 0 Å². The second-order valence-corrected chi connectivity index (χ2v) is 12.7. The summed E-state index contributed by atoms with van der Waals surface area (Å²) >= 11 is 0. The SMILES string of the molecule is CC(=O)NC(CCC(N)=O)C(=O)N[C@@H](CCC(C)C)C(=O)NC(CC(=O)O)C(=O)N[C@@H](CC(C)C)C(=O)NC(Cc1ccccc1)C(=O)O. The highest BCUT2D eigenvalue weighted by molar-refractivity contribution is 5.97. The maximum atomic E-state index is 13.5. The van der Waals surface area contributed by atoms with E-state index in [0.29, 0.717) is 12.0 Å². The van der Waals surface area contributed by atoms with Crippen LogP contribution in [0.15, 0.2) is 30.3 Å². The molecule has 0 aliphatic rings. The molecule has 0 fully saturated rings. The van der Waals surface area contributed by atoms with Crippen molar-refractivity contribution in [1.29, 1.82) is 0 Å². The number of carbonyl (C=O) groups excluding carboxylic acids is 6. The summed E-state index contributed by atoms with van der Waals surface area (Å²) in [6.45, 7) is 8.45. The fraction of sp³-hybridized carbons (Fsp3) is 0.576. The molecule has 49 heavy (non-hydrogen) atoms. The van der Waals surface area contributed by atoms with Crippen molar-refractivity contribution in [3.63, 3.8) is 0 Å². The first kappa shape index (κ1) is 42.0. The molecule has 1 aromatic carbocycles. The molecule has 3 unspecified atom stereocenters. The summed E-state index contributed by atoms with van der Waals surface area (Å²) in [4.78, 5) is 100. The van der Waals surface area contributed by atoms with Crippen LogP contribution < -0.4 is 32.3 Å². The number of nitrogens with two attached hydrogens (primary N) is 1. The van der Waals surface area contributed by atoms with Crippen molar-refractivity contribution in [3.05, 3.63) is 35.9 Å². The number of hydrogen-bond acceptors (Lipinski definition) is 8. The fourth-order valence-electron chi connectivity index (χ4n) is 4.80. The van der Waals surface area contributed by atoms with E-state index in [-0.39, 0.29) is 43.9 Å². The average molecular weight is 691 g/mol. The Kier molecular flexibility index (Phi) is 18.0. The van der Waals surface area contributed by atoms with Crippen LogP contribution in [-0.4, -0.2) is 87.8 Å². The van der Waals surface area contributed by atoms with E-state index >= 15 is 0 Å². The van der Waals surface area contributed by atoms with Crippen LogP contribution in [0.4, 0.5) is 0 Å². The molecule has 0 bridgehead atoms. The van der Waals surface area contributed by atoms with Crippen LogP contribution in [0.5, 0.6) is 0 Å². The van der Waals surface area contributed by atoms with E-state index in [9.17, 15) is 48.6 Å².